The second-order valence-electron chi connectivity index (χ2n) is 7.90. The van der Waals surface area contributed by atoms with Gasteiger partial charge in [-0.25, -0.2) is 4.79 Å². The smallest absolute Gasteiger partial charge is 0.410 e. The van der Waals surface area contributed by atoms with Crippen LogP contribution in [0.2, 0.25) is 0 Å². The maximum Gasteiger partial charge on any atom is 0.410 e. The van der Waals surface area contributed by atoms with Gasteiger partial charge < -0.3 is 20.3 Å². The minimum Gasteiger partial charge on any atom is -0.444 e. The van der Waals surface area contributed by atoms with Gasteiger partial charge in [-0.2, -0.15) is 5.10 Å². The van der Waals surface area contributed by atoms with Gasteiger partial charge in [0.05, 0.1) is 6.54 Å². The first-order valence-corrected chi connectivity index (χ1v) is 9.35. The molecule has 0 saturated heterocycles. The van der Waals surface area contributed by atoms with E-state index in [9.17, 15) is 14.4 Å². The summed E-state index contributed by atoms with van der Waals surface area (Å²) in [6, 6.07) is 6.62. The molecule has 1 aromatic carbocycles. The normalized spacial score (nSPS) is 13.4. The standard InChI is InChI=1S/C20H25N5O4/c1-12(26)21-14-7-5-6-13(10-14)18(27)22-17-15-11-25(9-8-16(15)23-24-17)19(28)29-20(2,3)4/h5-7,10H,8-9,11H2,1-4H3,(H,21,26)(H2,22,23,24,27). The van der Waals surface area contributed by atoms with Crippen molar-refractivity contribution in [2.75, 3.05) is 17.2 Å². The van der Waals surface area contributed by atoms with Crippen LogP contribution in [0.4, 0.5) is 16.3 Å². The molecule has 0 bridgehead atoms. The first kappa shape index (κ1) is 20.4. The molecule has 3 amide bonds. The summed E-state index contributed by atoms with van der Waals surface area (Å²) >= 11 is 0. The first-order chi connectivity index (χ1) is 13.6. The van der Waals surface area contributed by atoms with Crippen molar-refractivity contribution in [1.82, 2.24) is 15.1 Å². The fourth-order valence-electron chi connectivity index (χ4n) is 3.00. The lowest BCUT2D eigenvalue weighted by Gasteiger charge is -2.30. The van der Waals surface area contributed by atoms with Crippen LogP contribution in [0.15, 0.2) is 24.3 Å². The molecule has 0 unspecified atom stereocenters. The lowest BCUT2D eigenvalue weighted by molar-refractivity contribution is -0.114. The number of H-pyrrole nitrogens is 1. The van der Waals surface area contributed by atoms with Gasteiger partial charge in [0.25, 0.3) is 5.91 Å². The third-order valence-electron chi connectivity index (χ3n) is 4.26. The molecule has 0 saturated carbocycles. The quantitative estimate of drug-likeness (QED) is 0.734. The maximum atomic E-state index is 12.7. The number of benzene rings is 1. The monoisotopic (exact) mass is 399 g/mol. The Balaban J connectivity index is 1.73. The molecule has 0 atom stereocenters. The SMILES string of the molecule is CC(=O)Nc1cccc(C(=O)Nc2n[nH]c3c2CN(C(=O)OC(C)(C)C)CC3)c1. The van der Waals surface area contributed by atoms with Crippen LogP contribution in [-0.4, -0.2) is 45.2 Å². The molecule has 2 aromatic rings. The summed E-state index contributed by atoms with van der Waals surface area (Å²) in [5, 5.41) is 12.6. The zero-order valence-corrected chi connectivity index (χ0v) is 17.0. The van der Waals surface area contributed by atoms with Crippen LogP contribution in [-0.2, 0) is 22.5 Å². The number of hydrogen-bond acceptors (Lipinski definition) is 5. The molecule has 0 aliphatic carbocycles. The van der Waals surface area contributed by atoms with Crippen molar-refractivity contribution < 1.29 is 19.1 Å². The highest BCUT2D eigenvalue weighted by Gasteiger charge is 2.29. The molecule has 1 aliphatic rings. The maximum absolute atomic E-state index is 12.7. The van der Waals surface area contributed by atoms with E-state index in [0.717, 1.165) is 11.3 Å². The Kier molecular flexibility index (Phi) is 5.58. The summed E-state index contributed by atoms with van der Waals surface area (Å²) in [6.45, 7) is 7.66. The summed E-state index contributed by atoms with van der Waals surface area (Å²) in [6.07, 6.45) is 0.194. The third-order valence-corrected chi connectivity index (χ3v) is 4.26. The Hall–Kier alpha value is -3.36. The first-order valence-electron chi connectivity index (χ1n) is 9.35. The number of hydrogen-bond donors (Lipinski definition) is 3. The Morgan fingerprint density at radius 1 is 1.21 bits per heavy atom. The number of anilines is 2. The summed E-state index contributed by atoms with van der Waals surface area (Å²) in [7, 11) is 0. The van der Waals surface area contributed by atoms with Crippen molar-refractivity contribution in [3.8, 4) is 0 Å². The summed E-state index contributed by atoms with van der Waals surface area (Å²) in [4.78, 5) is 37.8. The average Bonchev–Trinajstić information content (AvgIpc) is 3.02. The van der Waals surface area contributed by atoms with E-state index in [2.05, 4.69) is 20.8 Å². The predicted octanol–water partition coefficient (Wildman–Crippen LogP) is 2.91. The van der Waals surface area contributed by atoms with E-state index in [1.165, 1.54) is 6.92 Å². The molecule has 9 nitrogen and oxygen atoms in total. The highest BCUT2D eigenvalue weighted by molar-refractivity contribution is 6.05. The number of fused-ring (bicyclic) bond motifs is 1. The average molecular weight is 399 g/mol. The van der Waals surface area contributed by atoms with Crippen molar-refractivity contribution in [3.63, 3.8) is 0 Å². The largest absolute Gasteiger partial charge is 0.444 e. The van der Waals surface area contributed by atoms with Crippen LogP contribution >= 0.6 is 0 Å². The molecule has 0 fully saturated rings. The molecule has 3 N–H and O–H groups in total. The van der Waals surface area contributed by atoms with E-state index in [1.54, 1.807) is 29.2 Å². The second kappa shape index (κ2) is 7.94. The van der Waals surface area contributed by atoms with E-state index < -0.39 is 11.7 Å². The van der Waals surface area contributed by atoms with Crippen LogP contribution in [0.1, 0.15) is 49.3 Å². The molecule has 1 aromatic heterocycles. The molecule has 9 heteroatoms. The number of carbonyl (C=O) groups is 3. The fraction of sp³-hybridized carbons (Fsp3) is 0.400. The number of ether oxygens (including phenoxy) is 1. The van der Waals surface area contributed by atoms with E-state index in [1.807, 2.05) is 20.8 Å². The molecule has 1 aliphatic heterocycles. The van der Waals surface area contributed by atoms with Gasteiger partial charge in [-0.05, 0) is 39.0 Å². The van der Waals surface area contributed by atoms with Crippen molar-refractivity contribution in [3.05, 3.63) is 41.1 Å². The zero-order valence-electron chi connectivity index (χ0n) is 17.0. The van der Waals surface area contributed by atoms with E-state index >= 15 is 0 Å². The van der Waals surface area contributed by atoms with Crippen LogP contribution in [0, 0.1) is 0 Å². The Bertz CT molecular complexity index is 945. The van der Waals surface area contributed by atoms with Crippen molar-refractivity contribution in [2.45, 2.75) is 46.3 Å². The highest BCUT2D eigenvalue weighted by Crippen LogP contribution is 2.26. The predicted molar refractivity (Wildman–Crippen MR) is 108 cm³/mol. The van der Waals surface area contributed by atoms with Crippen molar-refractivity contribution >= 4 is 29.4 Å². The number of carbonyl (C=O) groups excluding carboxylic acids is 3. The van der Waals surface area contributed by atoms with Crippen LogP contribution in [0.25, 0.3) is 0 Å². The summed E-state index contributed by atoms with van der Waals surface area (Å²) in [5.41, 5.74) is 1.97. The molecule has 0 spiro atoms. The second-order valence-corrected chi connectivity index (χ2v) is 7.90. The molecule has 29 heavy (non-hydrogen) atoms. The number of rotatable bonds is 3. The van der Waals surface area contributed by atoms with Gasteiger partial charge in [0.15, 0.2) is 5.82 Å². The van der Waals surface area contributed by atoms with Gasteiger partial charge in [0, 0.05) is 42.4 Å². The van der Waals surface area contributed by atoms with Gasteiger partial charge in [0.1, 0.15) is 5.60 Å². The Morgan fingerprint density at radius 3 is 2.66 bits per heavy atom. The molecule has 3 rings (SSSR count). The number of aromatic amines is 1. The van der Waals surface area contributed by atoms with E-state index in [-0.39, 0.29) is 11.8 Å². The van der Waals surface area contributed by atoms with Gasteiger partial charge in [-0.3, -0.25) is 14.7 Å². The summed E-state index contributed by atoms with van der Waals surface area (Å²) < 4.78 is 5.44. The van der Waals surface area contributed by atoms with Crippen molar-refractivity contribution in [2.24, 2.45) is 0 Å². The molecule has 0 radical (unpaired) electrons. The van der Waals surface area contributed by atoms with E-state index in [4.69, 9.17) is 4.74 Å². The van der Waals surface area contributed by atoms with Gasteiger partial charge in [-0.1, -0.05) is 6.07 Å². The Labute approximate surface area is 168 Å². The zero-order chi connectivity index (χ0) is 21.2. The van der Waals surface area contributed by atoms with Gasteiger partial charge in [-0.15, -0.1) is 0 Å². The number of nitrogens with zero attached hydrogens (tertiary/aromatic N) is 2. The van der Waals surface area contributed by atoms with Gasteiger partial charge >= 0.3 is 6.09 Å². The van der Waals surface area contributed by atoms with Crippen LogP contribution in [0.5, 0.6) is 0 Å². The van der Waals surface area contributed by atoms with Crippen LogP contribution < -0.4 is 10.6 Å². The third kappa shape index (κ3) is 5.13. The number of amides is 3. The summed E-state index contributed by atoms with van der Waals surface area (Å²) in [5.74, 6) is -0.199. The minimum atomic E-state index is -0.580. The van der Waals surface area contributed by atoms with Gasteiger partial charge in [0.2, 0.25) is 5.91 Å². The molecular weight excluding hydrogens is 374 g/mol. The lowest BCUT2D eigenvalue weighted by Crippen LogP contribution is -2.40. The minimum absolute atomic E-state index is 0.217. The van der Waals surface area contributed by atoms with Crippen LogP contribution in [0.3, 0.4) is 0 Å². The fourth-order valence-corrected chi connectivity index (χ4v) is 3.00. The van der Waals surface area contributed by atoms with Crippen molar-refractivity contribution in [1.29, 1.82) is 0 Å². The molecular formula is C20H25N5O4. The number of nitrogens with one attached hydrogen (secondary N) is 3. The Morgan fingerprint density at radius 2 is 1.97 bits per heavy atom. The lowest BCUT2D eigenvalue weighted by atomic mass is 10.1. The topological polar surface area (TPSA) is 116 Å². The molecule has 2 heterocycles. The number of aromatic nitrogens is 2. The van der Waals surface area contributed by atoms with E-state index in [0.29, 0.717) is 36.6 Å². The highest BCUT2D eigenvalue weighted by atomic mass is 16.6. The molecule has 154 valence electrons.